The predicted octanol–water partition coefficient (Wildman–Crippen LogP) is 4.01. The molecule has 142 valence electrons. The summed E-state index contributed by atoms with van der Waals surface area (Å²) in [6.45, 7) is 4.21. The molecule has 1 atom stereocenters. The van der Waals surface area contributed by atoms with Crippen molar-refractivity contribution in [2.24, 2.45) is 0 Å². The minimum Gasteiger partial charge on any atom is -0.493 e. The number of nitrogens with one attached hydrogen (secondary N) is 1. The highest BCUT2D eigenvalue weighted by atomic mass is 32.2. The second kappa shape index (κ2) is 8.49. The standard InChI is InChI=1S/C17H18FN5O2S2/c1-4-10(2)26-17-21-20-16(27-17)19-15(24)14-13(25-3)9-23(22-14)12-7-5-11(18)6-8-12/h5-10H,4H2,1-3H3,(H,19,20,24). The van der Waals surface area contributed by atoms with Crippen molar-refractivity contribution in [3.63, 3.8) is 0 Å². The molecular weight excluding hydrogens is 389 g/mol. The normalized spacial score (nSPS) is 12.0. The smallest absolute Gasteiger partial charge is 0.281 e. The number of amides is 1. The summed E-state index contributed by atoms with van der Waals surface area (Å²) in [4.78, 5) is 12.6. The zero-order valence-electron chi connectivity index (χ0n) is 15.0. The monoisotopic (exact) mass is 407 g/mol. The van der Waals surface area contributed by atoms with Crippen LogP contribution in [0.25, 0.3) is 5.69 Å². The van der Waals surface area contributed by atoms with Crippen LogP contribution < -0.4 is 10.1 Å². The van der Waals surface area contributed by atoms with Gasteiger partial charge in [0.15, 0.2) is 15.8 Å². The van der Waals surface area contributed by atoms with E-state index in [1.54, 1.807) is 30.1 Å². The summed E-state index contributed by atoms with van der Waals surface area (Å²) in [7, 11) is 1.45. The van der Waals surface area contributed by atoms with Crippen molar-refractivity contribution < 1.29 is 13.9 Å². The molecule has 3 aromatic rings. The van der Waals surface area contributed by atoms with Crippen LogP contribution in [0.2, 0.25) is 0 Å². The number of rotatable bonds is 7. The summed E-state index contributed by atoms with van der Waals surface area (Å²) >= 11 is 2.93. The minimum atomic E-state index is -0.455. The molecule has 0 saturated heterocycles. The molecular formula is C17H18FN5O2S2. The minimum absolute atomic E-state index is 0.105. The van der Waals surface area contributed by atoms with Crippen molar-refractivity contribution in [3.05, 3.63) is 42.0 Å². The third kappa shape index (κ3) is 4.64. The van der Waals surface area contributed by atoms with Crippen molar-refractivity contribution in [3.8, 4) is 11.4 Å². The highest BCUT2D eigenvalue weighted by molar-refractivity contribution is 8.01. The Labute approximate surface area is 164 Å². The van der Waals surface area contributed by atoms with E-state index in [0.717, 1.165) is 10.8 Å². The van der Waals surface area contributed by atoms with Gasteiger partial charge in [-0.15, -0.1) is 10.2 Å². The molecule has 0 radical (unpaired) electrons. The summed E-state index contributed by atoms with van der Waals surface area (Å²) in [6, 6.07) is 5.77. The summed E-state index contributed by atoms with van der Waals surface area (Å²) in [6.07, 6.45) is 2.58. The molecule has 27 heavy (non-hydrogen) atoms. The predicted molar refractivity (Wildman–Crippen MR) is 104 cm³/mol. The van der Waals surface area contributed by atoms with Gasteiger partial charge in [0.1, 0.15) is 5.82 Å². The van der Waals surface area contributed by atoms with Gasteiger partial charge in [-0.3, -0.25) is 10.1 Å². The average molecular weight is 407 g/mol. The van der Waals surface area contributed by atoms with Crippen LogP contribution in [0, 0.1) is 5.82 Å². The molecule has 0 aliphatic rings. The van der Waals surface area contributed by atoms with Crippen LogP contribution in [0.3, 0.4) is 0 Å². The Morgan fingerprint density at radius 1 is 1.37 bits per heavy atom. The number of halogens is 1. The lowest BCUT2D eigenvalue weighted by Crippen LogP contribution is -2.14. The van der Waals surface area contributed by atoms with E-state index >= 15 is 0 Å². The van der Waals surface area contributed by atoms with Crippen molar-refractivity contribution >= 4 is 34.1 Å². The molecule has 7 nitrogen and oxygen atoms in total. The van der Waals surface area contributed by atoms with Gasteiger partial charge >= 0.3 is 0 Å². The number of hydrogen-bond donors (Lipinski definition) is 1. The van der Waals surface area contributed by atoms with Crippen molar-refractivity contribution in [2.45, 2.75) is 29.9 Å². The van der Waals surface area contributed by atoms with Crippen LogP contribution in [-0.4, -0.2) is 38.2 Å². The first-order chi connectivity index (χ1) is 13.0. The lowest BCUT2D eigenvalue weighted by Gasteiger charge is -2.02. The Kier molecular flexibility index (Phi) is 6.07. The molecule has 2 aromatic heterocycles. The fourth-order valence-electron chi connectivity index (χ4n) is 2.11. The zero-order valence-corrected chi connectivity index (χ0v) is 16.6. The first-order valence-electron chi connectivity index (χ1n) is 8.21. The van der Waals surface area contributed by atoms with Crippen molar-refractivity contribution in [1.82, 2.24) is 20.0 Å². The maximum atomic E-state index is 13.1. The Morgan fingerprint density at radius 2 is 2.11 bits per heavy atom. The zero-order chi connectivity index (χ0) is 19.4. The molecule has 2 heterocycles. The van der Waals surface area contributed by atoms with Gasteiger partial charge in [-0.1, -0.05) is 36.9 Å². The second-order valence-corrected chi connectivity index (χ2v) is 8.29. The molecule has 0 saturated carbocycles. The number of thioether (sulfide) groups is 1. The van der Waals surface area contributed by atoms with Crippen LogP contribution >= 0.6 is 23.1 Å². The van der Waals surface area contributed by atoms with E-state index < -0.39 is 5.91 Å². The molecule has 0 fully saturated rings. The first-order valence-corrected chi connectivity index (χ1v) is 9.91. The van der Waals surface area contributed by atoms with Crippen molar-refractivity contribution in [2.75, 3.05) is 12.4 Å². The van der Waals surface area contributed by atoms with E-state index in [9.17, 15) is 9.18 Å². The van der Waals surface area contributed by atoms with Gasteiger partial charge in [0.2, 0.25) is 5.13 Å². The summed E-state index contributed by atoms with van der Waals surface area (Å²) < 4.78 is 20.6. The topological polar surface area (TPSA) is 81.9 Å². The van der Waals surface area contributed by atoms with E-state index in [1.807, 2.05) is 0 Å². The number of carbonyl (C=O) groups is 1. The van der Waals surface area contributed by atoms with E-state index in [2.05, 4.69) is 34.5 Å². The average Bonchev–Trinajstić information content (AvgIpc) is 3.29. The molecule has 1 aromatic carbocycles. The molecule has 1 unspecified atom stereocenters. The van der Waals surface area contributed by atoms with Crippen LogP contribution in [0.15, 0.2) is 34.8 Å². The van der Waals surface area contributed by atoms with E-state index in [0.29, 0.717) is 21.8 Å². The van der Waals surface area contributed by atoms with Gasteiger partial charge < -0.3 is 4.74 Å². The van der Waals surface area contributed by atoms with Crippen LogP contribution in [0.1, 0.15) is 30.8 Å². The SMILES string of the molecule is CCC(C)Sc1nnc(NC(=O)c2nn(-c3ccc(F)cc3)cc2OC)s1. The summed E-state index contributed by atoms with van der Waals surface area (Å²) in [5, 5.41) is 15.8. The number of anilines is 1. The quantitative estimate of drug-likeness (QED) is 0.471. The molecule has 0 aliphatic heterocycles. The highest BCUT2D eigenvalue weighted by Gasteiger charge is 2.20. The number of nitrogens with zero attached hydrogens (tertiary/aromatic N) is 4. The number of aromatic nitrogens is 4. The third-order valence-corrected chi connectivity index (χ3v) is 5.90. The molecule has 0 bridgehead atoms. The molecule has 3 rings (SSSR count). The number of carbonyl (C=O) groups excluding carboxylic acids is 1. The van der Waals surface area contributed by atoms with Gasteiger partial charge in [0, 0.05) is 5.25 Å². The Hall–Kier alpha value is -2.46. The van der Waals surface area contributed by atoms with Gasteiger partial charge in [0.05, 0.1) is 19.0 Å². The van der Waals surface area contributed by atoms with Gasteiger partial charge in [-0.05, 0) is 30.7 Å². The van der Waals surface area contributed by atoms with Gasteiger partial charge in [-0.25, -0.2) is 9.07 Å². The lowest BCUT2D eigenvalue weighted by atomic mass is 10.3. The fourth-order valence-corrected chi connectivity index (χ4v) is 4.10. The van der Waals surface area contributed by atoms with Gasteiger partial charge in [0.25, 0.3) is 5.91 Å². The number of hydrogen-bond acceptors (Lipinski definition) is 7. The third-order valence-electron chi connectivity index (χ3n) is 3.71. The fraction of sp³-hybridized carbons (Fsp3) is 0.294. The van der Waals surface area contributed by atoms with Gasteiger partial charge in [-0.2, -0.15) is 5.10 Å². The van der Waals surface area contributed by atoms with E-state index in [-0.39, 0.29) is 11.5 Å². The largest absolute Gasteiger partial charge is 0.493 e. The number of benzene rings is 1. The molecule has 10 heteroatoms. The number of ether oxygens (including phenoxy) is 1. The maximum absolute atomic E-state index is 13.1. The van der Waals surface area contributed by atoms with Crippen molar-refractivity contribution in [1.29, 1.82) is 0 Å². The Morgan fingerprint density at radius 3 is 2.78 bits per heavy atom. The second-order valence-electron chi connectivity index (χ2n) is 5.63. The summed E-state index contributed by atoms with van der Waals surface area (Å²) in [5.74, 6) is -0.502. The number of methoxy groups -OCH3 is 1. The Balaban J connectivity index is 1.77. The van der Waals surface area contributed by atoms with Crippen LogP contribution in [-0.2, 0) is 0 Å². The molecule has 1 amide bonds. The van der Waals surface area contributed by atoms with Crippen LogP contribution in [0.4, 0.5) is 9.52 Å². The lowest BCUT2D eigenvalue weighted by molar-refractivity contribution is 0.101. The van der Waals surface area contributed by atoms with E-state index in [4.69, 9.17) is 4.74 Å². The van der Waals surface area contributed by atoms with Crippen LogP contribution in [0.5, 0.6) is 5.75 Å². The summed E-state index contributed by atoms with van der Waals surface area (Å²) in [5.41, 5.74) is 0.713. The molecule has 0 spiro atoms. The molecule has 0 aliphatic carbocycles. The maximum Gasteiger partial charge on any atom is 0.281 e. The first kappa shape index (κ1) is 19.3. The highest BCUT2D eigenvalue weighted by Crippen LogP contribution is 2.30. The van der Waals surface area contributed by atoms with E-state index in [1.165, 1.54) is 35.3 Å². The molecule has 1 N–H and O–H groups in total. The Bertz CT molecular complexity index is 926.